The van der Waals surface area contributed by atoms with Gasteiger partial charge < -0.3 is 10.5 Å². The minimum atomic E-state index is -0.190. The van der Waals surface area contributed by atoms with Gasteiger partial charge in [0.25, 0.3) is 0 Å². The first-order chi connectivity index (χ1) is 10.1. The number of nitrogens with zero attached hydrogens (tertiary/aromatic N) is 2. The van der Waals surface area contributed by atoms with Gasteiger partial charge in [-0.15, -0.1) is 5.10 Å². The maximum absolute atomic E-state index is 11.7. The molecule has 1 aromatic carbocycles. The molecule has 0 aliphatic rings. The van der Waals surface area contributed by atoms with E-state index >= 15 is 0 Å². The standard InChI is InChI=1S/C14H20N4O2S/c1-4-8-18-13(19)16-17-14(18)21-11-7-5-6-10(20-3)12(11)9(2)15/h5-7,9H,4,8,15H2,1-3H3,(H,16,19). The second-order valence-corrected chi connectivity index (χ2v) is 5.73. The number of benzene rings is 1. The molecular formula is C14H20N4O2S. The van der Waals surface area contributed by atoms with Crippen LogP contribution in [0.5, 0.6) is 5.75 Å². The molecule has 2 aromatic rings. The van der Waals surface area contributed by atoms with Crippen molar-refractivity contribution in [2.45, 2.75) is 42.9 Å². The zero-order valence-electron chi connectivity index (χ0n) is 12.4. The summed E-state index contributed by atoms with van der Waals surface area (Å²) in [6.45, 7) is 4.56. The number of ether oxygens (including phenoxy) is 1. The van der Waals surface area contributed by atoms with Gasteiger partial charge >= 0.3 is 5.69 Å². The van der Waals surface area contributed by atoms with E-state index in [0.29, 0.717) is 11.7 Å². The molecule has 0 aliphatic heterocycles. The molecule has 0 radical (unpaired) electrons. The van der Waals surface area contributed by atoms with Gasteiger partial charge in [0, 0.05) is 23.0 Å². The molecule has 1 atom stereocenters. The number of rotatable bonds is 6. The van der Waals surface area contributed by atoms with E-state index in [4.69, 9.17) is 10.5 Å². The number of H-pyrrole nitrogens is 1. The molecule has 2 rings (SSSR count). The molecule has 6 nitrogen and oxygen atoms in total. The Labute approximate surface area is 127 Å². The van der Waals surface area contributed by atoms with Crippen molar-refractivity contribution < 1.29 is 4.74 Å². The first-order valence-electron chi connectivity index (χ1n) is 6.84. The van der Waals surface area contributed by atoms with E-state index < -0.39 is 0 Å². The van der Waals surface area contributed by atoms with E-state index in [1.807, 2.05) is 32.0 Å². The lowest BCUT2D eigenvalue weighted by Gasteiger charge is -2.16. The summed E-state index contributed by atoms with van der Waals surface area (Å²) in [5.74, 6) is 0.745. The molecule has 3 N–H and O–H groups in total. The zero-order valence-corrected chi connectivity index (χ0v) is 13.2. The molecular weight excluding hydrogens is 288 g/mol. The van der Waals surface area contributed by atoms with E-state index in [-0.39, 0.29) is 11.7 Å². The highest BCUT2D eigenvalue weighted by Gasteiger charge is 2.17. The molecule has 0 spiro atoms. The Bertz CT molecular complexity index is 663. The molecule has 0 saturated heterocycles. The molecule has 0 aliphatic carbocycles. The lowest BCUT2D eigenvalue weighted by atomic mass is 10.1. The number of nitrogens with one attached hydrogen (secondary N) is 1. The number of methoxy groups -OCH3 is 1. The van der Waals surface area contributed by atoms with Gasteiger partial charge in [-0.2, -0.15) is 0 Å². The summed E-state index contributed by atoms with van der Waals surface area (Å²) in [4.78, 5) is 12.7. The second-order valence-electron chi connectivity index (χ2n) is 4.73. The van der Waals surface area contributed by atoms with Crippen LogP contribution in [0, 0.1) is 0 Å². The quantitative estimate of drug-likeness (QED) is 0.854. The molecule has 1 unspecified atom stereocenters. The molecule has 0 fully saturated rings. The van der Waals surface area contributed by atoms with Crippen molar-refractivity contribution in [2.75, 3.05) is 7.11 Å². The zero-order chi connectivity index (χ0) is 15.4. The number of nitrogens with two attached hydrogens (primary N) is 1. The largest absolute Gasteiger partial charge is 0.496 e. The highest BCUT2D eigenvalue weighted by Crippen LogP contribution is 2.36. The topological polar surface area (TPSA) is 85.9 Å². The van der Waals surface area contributed by atoms with Crippen LogP contribution in [0.4, 0.5) is 0 Å². The van der Waals surface area contributed by atoms with Gasteiger partial charge in [0.2, 0.25) is 0 Å². The summed E-state index contributed by atoms with van der Waals surface area (Å²) in [5, 5.41) is 7.22. The fourth-order valence-corrected chi connectivity index (χ4v) is 3.26. The van der Waals surface area contributed by atoms with Gasteiger partial charge in [0.15, 0.2) is 5.16 Å². The molecule has 1 heterocycles. The van der Waals surface area contributed by atoms with Crippen LogP contribution in [0.3, 0.4) is 0 Å². The molecule has 0 saturated carbocycles. The van der Waals surface area contributed by atoms with Crippen LogP contribution in [-0.4, -0.2) is 21.9 Å². The highest BCUT2D eigenvalue weighted by atomic mass is 32.2. The number of aromatic amines is 1. The van der Waals surface area contributed by atoms with E-state index in [1.54, 1.807) is 11.7 Å². The average molecular weight is 308 g/mol. The number of hydrogen-bond donors (Lipinski definition) is 2. The van der Waals surface area contributed by atoms with Gasteiger partial charge in [-0.05, 0) is 37.2 Å². The second kappa shape index (κ2) is 6.82. The maximum atomic E-state index is 11.7. The lowest BCUT2D eigenvalue weighted by molar-refractivity contribution is 0.405. The fraction of sp³-hybridized carbons (Fsp3) is 0.429. The van der Waals surface area contributed by atoms with Crippen molar-refractivity contribution in [3.05, 3.63) is 34.2 Å². The van der Waals surface area contributed by atoms with E-state index in [0.717, 1.165) is 22.6 Å². The lowest BCUT2D eigenvalue weighted by Crippen LogP contribution is -2.17. The first-order valence-corrected chi connectivity index (χ1v) is 7.65. The SMILES string of the molecule is CCCn1c(Sc2cccc(OC)c2C(C)N)n[nH]c1=O. The summed E-state index contributed by atoms with van der Waals surface area (Å²) in [7, 11) is 1.62. The van der Waals surface area contributed by atoms with Gasteiger partial charge in [0.05, 0.1) is 7.11 Å². The Balaban J connectivity index is 2.42. The smallest absolute Gasteiger partial charge is 0.343 e. The molecule has 21 heavy (non-hydrogen) atoms. The van der Waals surface area contributed by atoms with Crippen LogP contribution in [0.2, 0.25) is 0 Å². The monoisotopic (exact) mass is 308 g/mol. The van der Waals surface area contributed by atoms with Crippen molar-refractivity contribution in [1.29, 1.82) is 0 Å². The average Bonchev–Trinajstić information content (AvgIpc) is 2.80. The molecule has 114 valence electrons. The van der Waals surface area contributed by atoms with Crippen LogP contribution in [0.25, 0.3) is 0 Å². The van der Waals surface area contributed by atoms with Gasteiger partial charge in [-0.25, -0.2) is 9.89 Å². The summed E-state index contributed by atoms with van der Waals surface area (Å²) < 4.78 is 7.01. The summed E-state index contributed by atoms with van der Waals surface area (Å²) in [5.41, 5.74) is 6.79. The highest BCUT2D eigenvalue weighted by molar-refractivity contribution is 7.99. The van der Waals surface area contributed by atoms with Crippen molar-refractivity contribution in [3.63, 3.8) is 0 Å². The maximum Gasteiger partial charge on any atom is 0.343 e. The van der Waals surface area contributed by atoms with Crippen molar-refractivity contribution >= 4 is 11.8 Å². The number of hydrogen-bond acceptors (Lipinski definition) is 5. The van der Waals surface area contributed by atoms with Crippen LogP contribution in [0.1, 0.15) is 31.9 Å². The Morgan fingerprint density at radius 1 is 1.52 bits per heavy atom. The van der Waals surface area contributed by atoms with Gasteiger partial charge in [-0.1, -0.05) is 13.0 Å². The number of aromatic nitrogens is 3. The van der Waals surface area contributed by atoms with Crippen molar-refractivity contribution in [3.8, 4) is 5.75 Å². The van der Waals surface area contributed by atoms with Gasteiger partial charge in [0.1, 0.15) is 5.75 Å². The third kappa shape index (κ3) is 3.30. The Morgan fingerprint density at radius 3 is 2.90 bits per heavy atom. The Kier molecular flexibility index (Phi) is 5.08. The molecule has 7 heteroatoms. The third-order valence-electron chi connectivity index (χ3n) is 3.07. The van der Waals surface area contributed by atoms with E-state index in [2.05, 4.69) is 10.2 Å². The van der Waals surface area contributed by atoms with E-state index in [1.165, 1.54) is 11.8 Å². The fourth-order valence-electron chi connectivity index (χ4n) is 2.14. The Morgan fingerprint density at radius 2 is 2.29 bits per heavy atom. The summed E-state index contributed by atoms with van der Waals surface area (Å²) in [6.07, 6.45) is 0.866. The van der Waals surface area contributed by atoms with E-state index in [9.17, 15) is 4.79 Å². The molecule has 1 aromatic heterocycles. The summed E-state index contributed by atoms with van der Waals surface area (Å²) in [6, 6.07) is 5.57. The predicted molar refractivity (Wildman–Crippen MR) is 82.9 cm³/mol. The van der Waals surface area contributed by atoms with Crippen LogP contribution in [0.15, 0.2) is 33.0 Å². The predicted octanol–water partition coefficient (Wildman–Crippen LogP) is 2.16. The first kappa shape index (κ1) is 15.7. The van der Waals surface area contributed by atoms with Crippen molar-refractivity contribution in [1.82, 2.24) is 14.8 Å². The Hall–Kier alpha value is -1.73. The van der Waals surface area contributed by atoms with Crippen LogP contribution in [-0.2, 0) is 6.54 Å². The minimum absolute atomic E-state index is 0.172. The summed E-state index contributed by atoms with van der Waals surface area (Å²) >= 11 is 1.42. The molecule has 0 amide bonds. The minimum Gasteiger partial charge on any atom is -0.496 e. The van der Waals surface area contributed by atoms with Crippen molar-refractivity contribution in [2.24, 2.45) is 5.73 Å². The van der Waals surface area contributed by atoms with Crippen LogP contribution >= 0.6 is 11.8 Å². The van der Waals surface area contributed by atoms with Gasteiger partial charge in [-0.3, -0.25) is 4.57 Å². The normalized spacial score (nSPS) is 12.4. The third-order valence-corrected chi connectivity index (χ3v) is 4.14. The van der Waals surface area contributed by atoms with Crippen LogP contribution < -0.4 is 16.2 Å². The molecule has 0 bridgehead atoms.